The molecule has 0 spiro atoms. The number of carbonyl (C=O) groups is 1. The van der Waals surface area contributed by atoms with Crippen LogP contribution in [-0.2, 0) is 0 Å². The zero-order valence-electron chi connectivity index (χ0n) is 12.1. The molecule has 4 nitrogen and oxygen atoms in total. The van der Waals surface area contributed by atoms with Crippen molar-refractivity contribution in [2.75, 3.05) is 13.1 Å². The minimum absolute atomic E-state index is 0.0892. The Labute approximate surface area is 117 Å². The quantitative estimate of drug-likeness (QED) is 0.822. The molecule has 1 rings (SSSR count). The Morgan fingerprint density at radius 2 is 2.00 bits per heavy atom. The maximum atomic E-state index is 13.0. The van der Waals surface area contributed by atoms with E-state index in [1.807, 2.05) is 0 Å². The molecule has 20 heavy (non-hydrogen) atoms. The molecule has 1 heterocycles. The van der Waals surface area contributed by atoms with Gasteiger partial charge in [-0.3, -0.25) is 0 Å². The zero-order valence-corrected chi connectivity index (χ0v) is 12.1. The van der Waals surface area contributed by atoms with Crippen LogP contribution in [0.5, 0.6) is 0 Å². The molecule has 0 aliphatic carbocycles. The van der Waals surface area contributed by atoms with Gasteiger partial charge in [0.15, 0.2) is 0 Å². The van der Waals surface area contributed by atoms with Crippen LogP contribution in [0, 0.1) is 5.41 Å². The van der Waals surface area contributed by atoms with Crippen LogP contribution in [0.1, 0.15) is 40.0 Å². The summed E-state index contributed by atoms with van der Waals surface area (Å²) in [5.41, 5.74) is -0.547. The van der Waals surface area contributed by atoms with E-state index in [9.17, 15) is 23.1 Å². The zero-order chi connectivity index (χ0) is 15.6. The second-order valence-corrected chi connectivity index (χ2v) is 6.55. The van der Waals surface area contributed by atoms with E-state index in [1.54, 1.807) is 20.8 Å². The lowest BCUT2D eigenvalue weighted by Gasteiger charge is -2.34. The average Bonchev–Trinajstić information content (AvgIpc) is 2.25. The number of likely N-dealkylation sites (tertiary alicyclic amines) is 1. The number of alkyl halides is 3. The Kier molecular flexibility index (Phi) is 5.29. The van der Waals surface area contributed by atoms with Gasteiger partial charge in [-0.2, -0.15) is 13.2 Å². The lowest BCUT2D eigenvalue weighted by atomic mass is 9.88. The number of halogens is 3. The van der Waals surface area contributed by atoms with E-state index in [4.69, 9.17) is 0 Å². The summed E-state index contributed by atoms with van der Waals surface area (Å²) in [4.78, 5) is 13.1. The monoisotopic (exact) mass is 296 g/mol. The van der Waals surface area contributed by atoms with Crippen molar-refractivity contribution < 1.29 is 23.1 Å². The predicted octanol–water partition coefficient (Wildman–Crippen LogP) is 2.52. The van der Waals surface area contributed by atoms with E-state index >= 15 is 0 Å². The van der Waals surface area contributed by atoms with Gasteiger partial charge in [0.2, 0.25) is 0 Å². The molecule has 1 aliphatic rings. The number of hydrogen-bond donors (Lipinski definition) is 2. The van der Waals surface area contributed by atoms with Crippen LogP contribution in [0.25, 0.3) is 0 Å². The molecule has 118 valence electrons. The molecular weight excluding hydrogens is 273 g/mol. The second kappa shape index (κ2) is 6.20. The van der Waals surface area contributed by atoms with Gasteiger partial charge in [0.1, 0.15) is 6.04 Å². The Balaban J connectivity index is 2.67. The third-order valence-corrected chi connectivity index (χ3v) is 3.19. The fraction of sp³-hybridized carbons (Fsp3) is 0.923. The first-order chi connectivity index (χ1) is 8.99. The molecule has 2 atom stereocenters. The van der Waals surface area contributed by atoms with Gasteiger partial charge >= 0.3 is 12.2 Å². The van der Waals surface area contributed by atoms with Gasteiger partial charge in [-0.05, 0) is 24.7 Å². The molecule has 1 saturated heterocycles. The number of aliphatic hydroxyl groups excluding tert-OH is 1. The summed E-state index contributed by atoms with van der Waals surface area (Å²) in [5, 5.41) is 11.5. The van der Waals surface area contributed by atoms with Crippen molar-refractivity contribution in [2.24, 2.45) is 5.41 Å². The molecule has 1 fully saturated rings. The molecule has 0 aromatic rings. The Bertz CT molecular complexity index is 339. The first-order valence-electron chi connectivity index (χ1n) is 6.79. The van der Waals surface area contributed by atoms with Crippen LogP contribution in [-0.4, -0.2) is 47.4 Å². The summed E-state index contributed by atoms with van der Waals surface area (Å²) in [5.74, 6) is 0. The molecule has 0 unspecified atom stereocenters. The number of β-amino-alcohol motifs (C(OH)–C–C–N with tert-alkyl or cyclic N) is 1. The van der Waals surface area contributed by atoms with Crippen molar-refractivity contribution in [3.8, 4) is 0 Å². The standard InChI is InChI=1S/C13H23F3N2O2/c1-12(2,3)7-10(13(14,15)16)17-11(20)18-6-4-5-9(19)8-18/h9-10,19H,4-8H2,1-3H3,(H,17,20)/t9-,10-/m1/s1. The summed E-state index contributed by atoms with van der Waals surface area (Å²) in [7, 11) is 0. The number of piperidine rings is 1. The Morgan fingerprint density at radius 1 is 1.40 bits per heavy atom. The number of amides is 2. The van der Waals surface area contributed by atoms with E-state index in [0.717, 1.165) is 0 Å². The minimum Gasteiger partial charge on any atom is -0.391 e. The number of rotatable bonds is 2. The average molecular weight is 296 g/mol. The fourth-order valence-electron chi connectivity index (χ4n) is 2.24. The normalized spacial score (nSPS) is 22.6. The second-order valence-electron chi connectivity index (χ2n) is 6.55. The maximum Gasteiger partial charge on any atom is 0.408 e. The van der Waals surface area contributed by atoms with Crippen LogP contribution in [0.4, 0.5) is 18.0 Å². The number of aliphatic hydroxyl groups is 1. The van der Waals surface area contributed by atoms with E-state index in [0.29, 0.717) is 19.4 Å². The first kappa shape index (κ1) is 17.1. The molecular formula is C13H23F3N2O2. The molecule has 0 radical (unpaired) electrons. The molecule has 0 aromatic carbocycles. The number of carbonyl (C=O) groups excluding carboxylic acids is 1. The molecule has 0 bridgehead atoms. The van der Waals surface area contributed by atoms with Gasteiger partial charge in [-0.25, -0.2) is 4.79 Å². The Hall–Kier alpha value is -0.980. The number of nitrogens with zero attached hydrogens (tertiary/aromatic N) is 1. The smallest absolute Gasteiger partial charge is 0.391 e. The van der Waals surface area contributed by atoms with Crippen molar-refractivity contribution in [2.45, 2.75) is 58.4 Å². The number of nitrogens with one attached hydrogen (secondary N) is 1. The highest BCUT2D eigenvalue weighted by molar-refractivity contribution is 5.74. The van der Waals surface area contributed by atoms with Gasteiger partial charge in [0.25, 0.3) is 0 Å². The van der Waals surface area contributed by atoms with Crippen molar-refractivity contribution in [3.05, 3.63) is 0 Å². The van der Waals surface area contributed by atoms with Crippen LogP contribution >= 0.6 is 0 Å². The third-order valence-electron chi connectivity index (χ3n) is 3.19. The van der Waals surface area contributed by atoms with Crippen molar-refractivity contribution >= 4 is 6.03 Å². The minimum atomic E-state index is -4.47. The summed E-state index contributed by atoms with van der Waals surface area (Å²) in [6.45, 7) is 5.56. The van der Waals surface area contributed by atoms with Crippen LogP contribution < -0.4 is 5.32 Å². The van der Waals surface area contributed by atoms with Crippen LogP contribution in [0.2, 0.25) is 0 Å². The van der Waals surface area contributed by atoms with E-state index in [2.05, 4.69) is 5.32 Å². The highest BCUT2D eigenvalue weighted by Gasteiger charge is 2.43. The topological polar surface area (TPSA) is 52.6 Å². The van der Waals surface area contributed by atoms with Gasteiger partial charge in [-0.1, -0.05) is 20.8 Å². The molecule has 7 heteroatoms. The molecule has 0 aromatic heterocycles. The molecule has 2 N–H and O–H groups in total. The number of hydrogen-bond acceptors (Lipinski definition) is 2. The first-order valence-corrected chi connectivity index (χ1v) is 6.79. The highest BCUT2D eigenvalue weighted by Crippen LogP contribution is 2.30. The van der Waals surface area contributed by atoms with Crippen LogP contribution in [0.15, 0.2) is 0 Å². The summed E-state index contributed by atoms with van der Waals surface area (Å²) < 4.78 is 38.9. The maximum absolute atomic E-state index is 13.0. The lowest BCUT2D eigenvalue weighted by Crippen LogP contribution is -2.54. The van der Waals surface area contributed by atoms with Gasteiger partial charge in [0, 0.05) is 13.1 Å². The fourth-order valence-corrected chi connectivity index (χ4v) is 2.24. The molecule has 1 aliphatic heterocycles. The van der Waals surface area contributed by atoms with Crippen molar-refractivity contribution in [1.29, 1.82) is 0 Å². The largest absolute Gasteiger partial charge is 0.408 e. The van der Waals surface area contributed by atoms with Crippen molar-refractivity contribution in [3.63, 3.8) is 0 Å². The molecule has 2 amide bonds. The van der Waals surface area contributed by atoms with Crippen LogP contribution in [0.3, 0.4) is 0 Å². The van der Waals surface area contributed by atoms with Gasteiger partial charge in [0.05, 0.1) is 6.10 Å². The van der Waals surface area contributed by atoms with Gasteiger partial charge in [-0.15, -0.1) is 0 Å². The predicted molar refractivity (Wildman–Crippen MR) is 69.3 cm³/mol. The number of urea groups is 1. The highest BCUT2D eigenvalue weighted by atomic mass is 19.4. The molecule has 0 saturated carbocycles. The third kappa shape index (κ3) is 5.56. The van der Waals surface area contributed by atoms with Crippen molar-refractivity contribution in [1.82, 2.24) is 10.2 Å². The Morgan fingerprint density at radius 3 is 2.45 bits per heavy atom. The van der Waals surface area contributed by atoms with E-state index in [1.165, 1.54) is 4.90 Å². The van der Waals surface area contributed by atoms with E-state index < -0.39 is 29.8 Å². The SMILES string of the molecule is CC(C)(C)C[C@@H](NC(=O)N1CCC[C@@H](O)C1)C(F)(F)F. The lowest BCUT2D eigenvalue weighted by molar-refractivity contribution is -0.159. The summed E-state index contributed by atoms with van der Waals surface area (Å²) in [6.07, 6.45) is -4.13. The van der Waals surface area contributed by atoms with Gasteiger partial charge < -0.3 is 15.3 Å². The summed E-state index contributed by atoms with van der Waals surface area (Å²) >= 11 is 0. The van der Waals surface area contributed by atoms with E-state index in [-0.39, 0.29) is 13.0 Å². The summed E-state index contributed by atoms with van der Waals surface area (Å²) in [6, 6.07) is -2.62.